The summed E-state index contributed by atoms with van der Waals surface area (Å²) in [6.45, 7) is 2.08. The zero-order valence-electron chi connectivity index (χ0n) is 21.9. The van der Waals surface area contributed by atoms with Crippen LogP contribution in [0.15, 0.2) is 94.1 Å². The van der Waals surface area contributed by atoms with Gasteiger partial charge in [0, 0.05) is 29.2 Å². The van der Waals surface area contributed by atoms with Crippen LogP contribution in [0.2, 0.25) is 0 Å². The second-order valence-electron chi connectivity index (χ2n) is 9.41. The van der Waals surface area contributed by atoms with Crippen LogP contribution in [0.3, 0.4) is 0 Å². The number of amides is 1. The summed E-state index contributed by atoms with van der Waals surface area (Å²) < 4.78 is 10.7. The van der Waals surface area contributed by atoms with E-state index in [1.54, 1.807) is 32.2 Å². The van der Waals surface area contributed by atoms with Gasteiger partial charge in [-0.15, -0.1) is 0 Å². The number of H-pyrrole nitrogens is 1. The van der Waals surface area contributed by atoms with Crippen molar-refractivity contribution in [1.82, 2.24) is 10.3 Å². The van der Waals surface area contributed by atoms with Gasteiger partial charge >= 0.3 is 5.63 Å². The van der Waals surface area contributed by atoms with E-state index in [1.807, 2.05) is 60.7 Å². The zero-order valence-corrected chi connectivity index (χ0v) is 21.9. The molecule has 1 atom stereocenters. The topological polar surface area (TPSA) is 105 Å². The maximum atomic E-state index is 13.1. The molecule has 0 bridgehead atoms. The number of hydrogen-bond donors (Lipinski definition) is 3. The Morgan fingerprint density at radius 3 is 2.51 bits per heavy atom. The minimum absolute atomic E-state index is 0.105. The molecular weight excluding hydrogens is 492 g/mol. The Labute approximate surface area is 226 Å². The van der Waals surface area contributed by atoms with Crippen LogP contribution >= 0.6 is 0 Å². The van der Waals surface area contributed by atoms with Crippen LogP contribution in [-0.4, -0.2) is 29.7 Å². The largest absolute Gasteiger partial charge is 0.507 e. The Kier molecular flexibility index (Phi) is 7.50. The molecule has 0 spiro atoms. The maximum Gasteiger partial charge on any atom is 0.343 e. The fourth-order valence-electron chi connectivity index (χ4n) is 5.13. The predicted octanol–water partition coefficient (Wildman–Crippen LogP) is 5.69. The number of ether oxygens (including phenoxy) is 1. The quantitative estimate of drug-likeness (QED) is 0.216. The standard InChI is InChI=1S/C32H30N2O5/c1-20-19-26(35)29(32(37)39-20)28(21-11-4-3-5-12-21)30-23(22-13-6-8-16-25(22)34-30)15-10-18-33-31(36)24-14-7-9-17-27(24)38-2/h3-9,11-14,16-17,19,28,34-35H,10,15,18H2,1-2H3,(H,33,36). The molecule has 0 saturated carbocycles. The lowest BCUT2D eigenvalue weighted by Gasteiger charge is -2.19. The van der Waals surface area contributed by atoms with E-state index in [9.17, 15) is 14.7 Å². The number of carbonyl (C=O) groups is 1. The molecule has 2 aromatic heterocycles. The highest BCUT2D eigenvalue weighted by atomic mass is 16.5. The van der Waals surface area contributed by atoms with Crippen LogP contribution in [0, 0.1) is 6.92 Å². The van der Waals surface area contributed by atoms with Crippen molar-refractivity contribution < 1.29 is 19.1 Å². The summed E-state index contributed by atoms with van der Waals surface area (Å²) in [4.78, 5) is 29.4. The van der Waals surface area contributed by atoms with E-state index >= 15 is 0 Å². The fraction of sp³-hybridized carbons (Fsp3) is 0.188. The summed E-state index contributed by atoms with van der Waals surface area (Å²) in [5.41, 5.74) is 3.70. The number of aromatic hydroxyl groups is 1. The molecule has 0 aliphatic heterocycles. The number of aryl methyl sites for hydroxylation is 2. The number of fused-ring (bicyclic) bond motifs is 1. The third kappa shape index (κ3) is 5.29. The van der Waals surface area contributed by atoms with Gasteiger partial charge in [-0.25, -0.2) is 4.79 Å². The summed E-state index contributed by atoms with van der Waals surface area (Å²) in [5, 5.41) is 14.9. The number of benzene rings is 3. The molecule has 198 valence electrons. The van der Waals surface area contributed by atoms with Crippen molar-refractivity contribution >= 4 is 16.8 Å². The molecule has 7 heteroatoms. The van der Waals surface area contributed by atoms with E-state index in [2.05, 4.69) is 10.3 Å². The first-order valence-electron chi connectivity index (χ1n) is 12.9. The second-order valence-corrected chi connectivity index (χ2v) is 9.41. The van der Waals surface area contributed by atoms with Crippen LogP contribution in [-0.2, 0) is 6.42 Å². The number of aromatic nitrogens is 1. The van der Waals surface area contributed by atoms with E-state index in [4.69, 9.17) is 9.15 Å². The highest BCUT2D eigenvalue weighted by Gasteiger charge is 2.29. The highest BCUT2D eigenvalue weighted by molar-refractivity contribution is 5.96. The lowest BCUT2D eigenvalue weighted by molar-refractivity contribution is 0.0950. The molecule has 0 radical (unpaired) electrons. The van der Waals surface area contributed by atoms with Crippen LogP contribution in [0.25, 0.3) is 10.9 Å². The van der Waals surface area contributed by atoms with E-state index < -0.39 is 11.5 Å². The minimum atomic E-state index is -0.575. The average Bonchev–Trinajstić information content (AvgIpc) is 3.31. The second kappa shape index (κ2) is 11.3. The molecular formula is C32H30N2O5. The van der Waals surface area contributed by atoms with Crippen molar-refractivity contribution in [3.63, 3.8) is 0 Å². The molecule has 0 saturated heterocycles. The molecule has 2 heterocycles. The van der Waals surface area contributed by atoms with Crippen LogP contribution in [0.4, 0.5) is 0 Å². The van der Waals surface area contributed by atoms with Gasteiger partial charge in [-0.2, -0.15) is 0 Å². The van der Waals surface area contributed by atoms with Gasteiger partial charge in [0.25, 0.3) is 5.91 Å². The zero-order chi connectivity index (χ0) is 27.4. The first-order chi connectivity index (χ1) is 19.0. The summed E-state index contributed by atoms with van der Waals surface area (Å²) in [6, 6.07) is 26.1. The molecule has 5 rings (SSSR count). The molecule has 7 nitrogen and oxygen atoms in total. The lowest BCUT2D eigenvalue weighted by Crippen LogP contribution is -2.25. The Bertz CT molecular complexity index is 1670. The van der Waals surface area contributed by atoms with Gasteiger partial charge < -0.3 is 24.6 Å². The Morgan fingerprint density at radius 2 is 1.74 bits per heavy atom. The van der Waals surface area contributed by atoms with Gasteiger partial charge in [0.15, 0.2) is 0 Å². The summed E-state index contributed by atoms with van der Waals surface area (Å²) in [5.74, 6) is -0.0112. The first kappa shape index (κ1) is 25.9. The van der Waals surface area contributed by atoms with E-state index in [1.165, 1.54) is 6.07 Å². The molecule has 0 aliphatic carbocycles. The smallest absolute Gasteiger partial charge is 0.343 e. The Balaban J connectivity index is 1.50. The van der Waals surface area contributed by atoms with Gasteiger partial charge in [0.2, 0.25) is 0 Å². The first-order valence-corrected chi connectivity index (χ1v) is 12.9. The number of nitrogens with one attached hydrogen (secondary N) is 2. The summed E-state index contributed by atoms with van der Waals surface area (Å²) in [6.07, 6.45) is 1.29. The van der Waals surface area contributed by atoms with Crippen LogP contribution in [0.5, 0.6) is 11.5 Å². The average molecular weight is 523 g/mol. The minimum Gasteiger partial charge on any atom is -0.507 e. The summed E-state index contributed by atoms with van der Waals surface area (Å²) in [7, 11) is 1.54. The van der Waals surface area contributed by atoms with E-state index in [0.717, 1.165) is 27.7 Å². The van der Waals surface area contributed by atoms with Gasteiger partial charge in [-0.1, -0.05) is 60.7 Å². The SMILES string of the molecule is COc1ccccc1C(=O)NCCCc1c(C(c2ccccc2)c2c(O)cc(C)oc2=O)[nH]c2ccccc12. The highest BCUT2D eigenvalue weighted by Crippen LogP contribution is 2.39. The van der Waals surface area contributed by atoms with Crippen molar-refractivity contribution in [2.45, 2.75) is 25.7 Å². The number of aromatic amines is 1. The molecule has 3 N–H and O–H groups in total. The predicted molar refractivity (Wildman–Crippen MR) is 151 cm³/mol. The van der Waals surface area contributed by atoms with Crippen molar-refractivity contribution in [1.29, 1.82) is 0 Å². The fourth-order valence-corrected chi connectivity index (χ4v) is 5.13. The normalized spacial score (nSPS) is 11.8. The molecule has 0 fully saturated rings. The molecule has 1 unspecified atom stereocenters. The van der Waals surface area contributed by atoms with Gasteiger partial charge in [0.05, 0.1) is 24.2 Å². The summed E-state index contributed by atoms with van der Waals surface area (Å²) >= 11 is 0. The van der Waals surface area contributed by atoms with E-state index in [0.29, 0.717) is 36.5 Å². The lowest BCUT2D eigenvalue weighted by atomic mass is 9.86. The van der Waals surface area contributed by atoms with Crippen LogP contribution < -0.4 is 15.7 Å². The molecule has 3 aromatic carbocycles. The Hall–Kier alpha value is -4.78. The third-order valence-electron chi connectivity index (χ3n) is 6.89. The van der Waals surface area contributed by atoms with Crippen molar-refractivity contribution in [2.75, 3.05) is 13.7 Å². The van der Waals surface area contributed by atoms with Gasteiger partial charge in [-0.3, -0.25) is 4.79 Å². The van der Waals surface area contributed by atoms with E-state index in [-0.39, 0.29) is 17.2 Å². The maximum absolute atomic E-state index is 13.1. The number of rotatable bonds is 9. The number of para-hydroxylation sites is 2. The van der Waals surface area contributed by atoms with Gasteiger partial charge in [-0.05, 0) is 49.1 Å². The molecule has 5 aromatic rings. The molecule has 39 heavy (non-hydrogen) atoms. The van der Waals surface area contributed by atoms with Crippen molar-refractivity contribution in [2.24, 2.45) is 0 Å². The molecule has 1 amide bonds. The number of hydrogen-bond acceptors (Lipinski definition) is 5. The monoisotopic (exact) mass is 522 g/mol. The molecule has 0 aliphatic rings. The third-order valence-corrected chi connectivity index (χ3v) is 6.89. The van der Waals surface area contributed by atoms with Gasteiger partial charge in [0.1, 0.15) is 17.3 Å². The van der Waals surface area contributed by atoms with Crippen LogP contribution in [0.1, 0.15) is 50.8 Å². The van der Waals surface area contributed by atoms with Crippen molar-refractivity contribution in [3.05, 3.63) is 129 Å². The van der Waals surface area contributed by atoms with Crippen molar-refractivity contribution in [3.8, 4) is 11.5 Å². The Morgan fingerprint density at radius 1 is 1.03 bits per heavy atom. The number of methoxy groups -OCH3 is 1. The number of carbonyl (C=O) groups excluding carboxylic acids is 1.